The normalized spacial score (nSPS) is 31.4. The Morgan fingerprint density at radius 2 is 2.62 bits per heavy atom. The number of hydrogen-bond acceptors (Lipinski definition) is 1. The van der Waals surface area contributed by atoms with Crippen molar-refractivity contribution in [2.45, 2.75) is 13.3 Å². The van der Waals surface area contributed by atoms with Gasteiger partial charge in [-0.15, -0.1) is 10.8 Å². The lowest BCUT2D eigenvalue weighted by atomic mass is 10.6. The van der Waals surface area contributed by atoms with E-state index < -0.39 is 0 Å². The van der Waals surface area contributed by atoms with Crippen molar-refractivity contribution >= 4 is 20.7 Å². The highest BCUT2D eigenvalue weighted by atomic mass is 33.1. The molecule has 0 aromatic rings. The van der Waals surface area contributed by atoms with E-state index >= 15 is 0 Å². The summed E-state index contributed by atoms with van der Waals surface area (Å²) >= 11 is 0. The molecule has 0 N–H and O–H groups in total. The molecule has 1 unspecified atom stereocenters. The lowest BCUT2D eigenvalue weighted by Gasteiger charge is -2.07. The zero-order chi connectivity index (χ0) is 5.82. The molecule has 48 valence electrons. The van der Waals surface area contributed by atoms with E-state index in [9.17, 15) is 0 Å². The van der Waals surface area contributed by atoms with Gasteiger partial charge in [0.05, 0.1) is 0 Å². The molecule has 1 aliphatic heterocycles. The lowest BCUT2D eigenvalue weighted by Crippen LogP contribution is -1.73. The zero-order valence-corrected chi connectivity index (χ0v) is 6.84. The predicted molar refractivity (Wildman–Crippen MR) is 45.7 cm³/mol. The van der Waals surface area contributed by atoms with Crippen LogP contribution in [0.2, 0.25) is 0 Å². The SMILES string of the molecule is CCC[SH]1C=CCS1. The topological polar surface area (TPSA) is 0 Å². The molecule has 0 spiro atoms. The van der Waals surface area contributed by atoms with Crippen molar-refractivity contribution in [3.8, 4) is 0 Å². The smallest absolute Gasteiger partial charge is 0.0211 e. The fraction of sp³-hybridized carbons (Fsp3) is 0.667. The molecule has 0 aliphatic carbocycles. The van der Waals surface area contributed by atoms with Crippen molar-refractivity contribution in [3.63, 3.8) is 0 Å². The van der Waals surface area contributed by atoms with Crippen molar-refractivity contribution in [3.05, 3.63) is 11.5 Å². The average Bonchev–Trinajstić information content (AvgIpc) is 2.19. The Bertz CT molecular complexity index is 88.5. The second-order valence-corrected chi connectivity index (χ2v) is 6.17. The van der Waals surface area contributed by atoms with Gasteiger partial charge in [-0.3, -0.25) is 0 Å². The van der Waals surface area contributed by atoms with Crippen LogP contribution in [0, 0.1) is 0 Å². The van der Waals surface area contributed by atoms with Gasteiger partial charge in [-0.25, -0.2) is 0 Å². The van der Waals surface area contributed by atoms with Crippen molar-refractivity contribution in [1.29, 1.82) is 0 Å². The van der Waals surface area contributed by atoms with Gasteiger partial charge in [0, 0.05) is 5.75 Å². The van der Waals surface area contributed by atoms with Crippen LogP contribution in [0.3, 0.4) is 0 Å². The summed E-state index contributed by atoms with van der Waals surface area (Å²) in [6.07, 6.45) is 3.65. The molecule has 0 radical (unpaired) electrons. The van der Waals surface area contributed by atoms with E-state index in [-0.39, 0.29) is 0 Å². The first-order valence-electron chi connectivity index (χ1n) is 2.99. The molecular weight excluding hydrogens is 136 g/mol. The first kappa shape index (κ1) is 6.56. The van der Waals surface area contributed by atoms with Crippen LogP contribution < -0.4 is 0 Å². The summed E-state index contributed by atoms with van der Waals surface area (Å²) < 4.78 is 0. The van der Waals surface area contributed by atoms with Gasteiger partial charge in [0.2, 0.25) is 0 Å². The van der Waals surface area contributed by atoms with Crippen molar-refractivity contribution in [2.75, 3.05) is 11.5 Å². The van der Waals surface area contributed by atoms with Gasteiger partial charge in [0.25, 0.3) is 0 Å². The highest BCUT2D eigenvalue weighted by Crippen LogP contribution is 2.46. The molecular formula is C6H12S2. The highest BCUT2D eigenvalue weighted by Gasteiger charge is 2.01. The zero-order valence-electron chi connectivity index (χ0n) is 5.13. The Hall–Kier alpha value is 0.440. The van der Waals surface area contributed by atoms with Crippen molar-refractivity contribution in [1.82, 2.24) is 0 Å². The van der Waals surface area contributed by atoms with Crippen LogP contribution in [0.25, 0.3) is 0 Å². The maximum Gasteiger partial charge on any atom is 0.0211 e. The van der Waals surface area contributed by atoms with Crippen LogP contribution in [0.15, 0.2) is 11.5 Å². The van der Waals surface area contributed by atoms with Gasteiger partial charge < -0.3 is 0 Å². The second-order valence-electron chi connectivity index (χ2n) is 1.82. The number of thiol groups is 1. The largest absolute Gasteiger partial charge is 0.184 e. The molecule has 1 atom stereocenters. The van der Waals surface area contributed by atoms with Crippen LogP contribution in [0.4, 0.5) is 0 Å². The first-order chi connectivity index (χ1) is 3.93. The van der Waals surface area contributed by atoms with Gasteiger partial charge in [-0.2, -0.15) is 9.93 Å². The van der Waals surface area contributed by atoms with Gasteiger partial charge in [-0.1, -0.05) is 13.0 Å². The van der Waals surface area contributed by atoms with Gasteiger partial charge in [0.1, 0.15) is 0 Å². The molecule has 1 heterocycles. The molecule has 0 saturated heterocycles. The molecule has 0 aromatic heterocycles. The van der Waals surface area contributed by atoms with Crippen molar-refractivity contribution in [2.24, 2.45) is 0 Å². The summed E-state index contributed by atoms with van der Waals surface area (Å²) in [5, 5.41) is 2.39. The standard InChI is InChI=1S/C6H12S2/c1-2-5-8-6-3-4-7-8/h3,6,8H,2,4-5H2,1H3. The Morgan fingerprint density at radius 1 is 1.75 bits per heavy atom. The van der Waals surface area contributed by atoms with E-state index in [2.05, 4.69) is 29.2 Å². The monoisotopic (exact) mass is 148 g/mol. The van der Waals surface area contributed by atoms with E-state index in [4.69, 9.17) is 0 Å². The molecule has 0 nitrogen and oxygen atoms in total. The summed E-state index contributed by atoms with van der Waals surface area (Å²) in [5.41, 5.74) is 0. The van der Waals surface area contributed by atoms with Gasteiger partial charge >= 0.3 is 0 Å². The maximum atomic E-state index is 2.39. The third-order valence-electron chi connectivity index (χ3n) is 1.05. The van der Waals surface area contributed by atoms with E-state index in [1.54, 1.807) is 0 Å². The molecule has 0 bridgehead atoms. The average molecular weight is 148 g/mol. The summed E-state index contributed by atoms with van der Waals surface area (Å²) in [5.74, 6) is 2.70. The Morgan fingerprint density at radius 3 is 3.12 bits per heavy atom. The Kier molecular flexibility index (Phi) is 2.84. The molecule has 2 heteroatoms. The van der Waals surface area contributed by atoms with Crippen LogP contribution >= 0.6 is 20.7 Å². The van der Waals surface area contributed by atoms with Gasteiger partial charge in [-0.05, 0) is 17.6 Å². The molecule has 0 amide bonds. The van der Waals surface area contributed by atoms with Crippen LogP contribution in [0.5, 0.6) is 0 Å². The minimum absolute atomic E-state index is 0.291. The summed E-state index contributed by atoms with van der Waals surface area (Å²) in [6.45, 7) is 2.26. The molecule has 0 aromatic carbocycles. The fourth-order valence-corrected chi connectivity index (χ4v) is 4.65. The summed E-state index contributed by atoms with van der Waals surface area (Å²) in [6, 6.07) is 0. The van der Waals surface area contributed by atoms with Gasteiger partial charge in [0.15, 0.2) is 0 Å². The van der Waals surface area contributed by atoms with E-state index in [0.29, 0.717) is 9.93 Å². The third kappa shape index (κ3) is 1.75. The minimum atomic E-state index is 0.291. The maximum absolute atomic E-state index is 2.39. The van der Waals surface area contributed by atoms with E-state index in [1.807, 2.05) is 0 Å². The highest BCUT2D eigenvalue weighted by molar-refractivity contribution is 8.86. The molecule has 1 aliphatic rings. The second kappa shape index (κ2) is 3.46. The Labute approximate surface area is 57.5 Å². The number of hydrogen-bond donors (Lipinski definition) is 1. The summed E-state index contributed by atoms with van der Waals surface area (Å²) in [7, 11) is 2.41. The fourth-order valence-electron chi connectivity index (χ4n) is 0.702. The van der Waals surface area contributed by atoms with Crippen LogP contribution in [0.1, 0.15) is 13.3 Å². The first-order valence-corrected chi connectivity index (χ1v) is 6.18. The van der Waals surface area contributed by atoms with Crippen LogP contribution in [-0.2, 0) is 0 Å². The van der Waals surface area contributed by atoms with Crippen LogP contribution in [-0.4, -0.2) is 11.5 Å². The van der Waals surface area contributed by atoms with E-state index in [0.717, 1.165) is 0 Å². The third-order valence-corrected chi connectivity index (χ3v) is 5.51. The lowest BCUT2D eigenvalue weighted by molar-refractivity contribution is 1.11. The molecule has 1 rings (SSSR count). The molecule has 8 heavy (non-hydrogen) atoms. The predicted octanol–water partition coefficient (Wildman–Crippen LogP) is 2.57. The minimum Gasteiger partial charge on any atom is -0.184 e. The quantitative estimate of drug-likeness (QED) is 0.464. The molecule has 0 saturated carbocycles. The number of rotatable bonds is 2. The Balaban J connectivity index is 2.16. The molecule has 0 fully saturated rings. The van der Waals surface area contributed by atoms with E-state index in [1.165, 1.54) is 17.9 Å². The summed E-state index contributed by atoms with van der Waals surface area (Å²) in [4.78, 5) is 0. The van der Waals surface area contributed by atoms with Crippen molar-refractivity contribution < 1.29 is 0 Å².